The zero-order valence-corrected chi connectivity index (χ0v) is 19.4. The number of ether oxygens (including phenoxy) is 1. The van der Waals surface area contributed by atoms with Crippen LogP contribution in [-0.4, -0.2) is 11.9 Å². The zero-order valence-electron chi connectivity index (χ0n) is 18.6. The predicted octanol–water partition coefficient (Wildman–Crippen LogP) is 6.25. The van der Waals surface area contributed by atoms with E-state index in [4.69, 9.17) is 4.74 Å². The van der Waals surface area contributed by atoms with Gasteiger partial charge in [0.05, 0.1) is 5.57 Å². The first-order chi connectivity index (χ1) is 16.6. The van der Waals surface area contributed by atoms with Crippen LogP contribution in [0.5, 0.6) is 0 Å². The molecule has 4 saturated carbocycles. The van der Waals surface area contributed by atoms with E-state index < -0.39 is 11.9 Å². The molecule has 0 amide bonds. The number of cyclic esters (lactones) is 2. The van der Waals surface area contributed by atoms with Crippen molar-refractivity contribution in [1.82, 2.24) is 0 Å². The molecule has 0 radical (unpaired) electrons. The minimum atomic E-state index is -0.560. The van der Waals surface area contributed by atoms with Crippen LogP contribution in [-0.2, 0) is 19.7 Å². The van der Waals surface area contributed by atoms with Crippen LogP contribution in [0.1, 0.15) is 48.1 Å². The van der Waals surface area contributed by atoms with Crippen molar-refractivity contribution in [3.63, 3.8) is 0 Å². The second-order valence-electron chi connectivity index (χ2n) is 11.0. The first kappa shape index (κ1) is 19.5. The number of benzene rings is 2. The molecule has 170 valence electrons. The summed E-state index contributed by atoms with van der Waals surface area (Å²) in [5.74, 6) is 0.497. The van der Waals surface area contributed by atoms with Crippen LogP contribution in [0.15, 0.2) is 54.1 Å². The Morgan fingerprint density at radius 2 is 1.56 bits per heavy atom. The van der Waals surface area contributed by atoms with E-state index in [1.165, 1.54) is 28.1 Å². The molecule has 3 aromatic rings. The Hall–Kier alpha value is -2.79. The number of hydrogen-bond acceptors (Lipinski definition) is 4. The summed E-state index contributed by atoms with van der Waals surface area (Å²) >= 11 is 1.80. The number of halogens is 1. The maximum Gasteiger partial charge on any atom is 0.343 e. The SMILES string of the molecule is O=C1OC(=O)[C@H]2C1=C(c1ccc(F)cc1)c1c(sc3ccccc13)C21C2CC3CC(C2)CC1C3. The first-order valence-corrected chi connectivity index (χ1v) is 13.2. The van der Waals surface area contributed by atoms with Gasteiger partial charge in [0.1, 0.15) is 11.7 Å². The highest BCUT2D eigenvalue weighted by atomic mass is 32.1. The number of carbonyl (C=O) groups is 2. The molecule has 34 heavy (non-hydrogen) atoms. The van der Waals surface area contributed by atoms with Gasteiger partial charge < -0.3 is 4.74 Å². The van der Waals surface area contributed by atoms with Crippen molar-refractivity contribution in [2.75, 3.05) is 0 Å². The highest BCUT2D eigenvalue weighted by Gasteiger charge is 2.69. The van der Waals surface area contributed by atoms with Gasteiger partial charge in [-0.3, -0.25) is 4.79 Å². The Morgan fingerprint density at radius 1 is 0.882 bits per heavy atom. The predicted molar refractivity (Wildman–Crippen MR) is 128 cm³/mol. The van der Waals surface area contributed by atoms with E-state index in [0.717, 1.165) is 59.6 Å². The Labute approximate surface area is 200 Å². The van der Waals surface area contributed by atoms with Crippen LogP contribution in [0.25, 0.3) is 15.7 Å². The third kappa shape index (κ3) is 2.23. The van der Waals surface area contributed by atoms with Gasteiger partial charge in [-0.1, -0.05) is 30.3 Å². The maximum atomic E-state index is 13.9. The second-order valence-corrected chi connectivity index (χ2v) is 12.0. The van der Waals surface area contributed by atoms with Crippen LogP contribution >= 0.6 is 11.3 Å². The Morgan fingerprint density at radius 3 is 2.26 bits per heavy atom. The van der Waals surface area contributed by atoms with E-state index in [2.05, 4.69) is 18.2 Å². The van der Waals surface area contributed by atoms with E-state index in [1.807, 2.05) is 6.07 Å². The molecular formula is C29H23FO3S. The quantitative estimate of drug-likeness (QED) is 0.312. The summed E-state index contributed by atoms with van der Waals surface area (Å²) in [4.78, 5) is 28.2. The van der Waals surface area contributed by atoms with Crippen LogP contribution in [0.4, 0.5) is 4.39 Å². The maximum absolute atomic E-state index is 13.9. The third-order valence-corrected chi connectivity index (χ3v) is 10.9. The van der Waals surface area contributed by atoms with E-state index in [1.54, 1.807) is 23.5 Å². The summed E-state index contributed by atoms with van der Waals surface area (Å²) in [5.41, 5.74) is 2.77. The van der Waals surface area contributed by atoms with Gasteiger partial charge in [0, 0.05) is 31.5 Å². The molecule has 1 aliphatic heterocycles. The van der Waals surface area contributed by atoms with E-state index in [-0.39, 0.29) is 17.2 Å². The molecular weight excluding hydrogens is 447 g/mol. The van der Waals surface area contributed by atoms with E-state index in [9.17, 15) is 14.0 Å². The molecule has 2 aromatic carbocycles. The normalized spacial score (nSPS) is 35.3. The number of thiophene rings is 1. The fourth-order valence-corrected chi connectivity index (χ4v) is 10.3. The Balaban J connectivity index is 1.51. The van der Waals surface area contributed by atoms with Gasteiger partial charge in [0.2, 0.25) is 0 Å². The summed E-state index contributed by atoms with van der Waals surface area (Å²) in [6, 6.07) is 14.7. The lowest BCUT2D eigenvalue weighted by atomic mass is 9.40. The van der Waals surface area contributed by atoms with Crippen LogP contribution in [0.2, 0.25) is 0 Å². The topological polar surface area (TPSA) is 43.4 Å². The largest absolute Gasteiger partial charge is 0.389 e. The molecule has 2 heterocycles. The highest BCUT2D eigenvalue weighted by Crippen LogP contribution is 2.71. The lowest BCUT2D eigenvalue weighted by Gasteiger charge is -2.63. The lowest BCUT2D eigenvalue weighted by molar-refractivity contribution is -0.157. The van der Waals surface area contributed by atoms with Crippen molar-refractivity contribution in [3.8, 4) is 0 Å². The molecule has 5 fully saturated rings. The molecule has 1 spiro atoms. The monoisotopic (exact) mass is 470 g/mol. The minimum absolute atomic E-state index is 0.320. The van der Waals surface area contributed by atoms with Gasteiger partial charge in [-0.2, -0.15) is 0 Å². The average molecular weight is 471 g/mol. The number of carbonyl (C=O) groups excluding carboxylic acids is 2. The van der Waals surface area contributed by atoms with Crippen LogP contribution in [0.3, 0.4) is 0 Å². The number of fused-ring (bicyclic) bond motifs is 4. The molecule has 1 atom stereocenters. The van der Waals surface area contributed by atoms with Crippen LogP contribution in [0, 0.1) is 35.4 Å². The number of rotatable bonds is 1. The lowest BCUT2D eigenvalue weighted by Crippen LogP contribution is -2.61. The van der Waals surface area contributed by atoms with Crippen molar-refractivity contribution in [2.24, 2.45) is 29.6 Å². The van der Waals surface area contributed by atoms with Gasteiger partial charge in [0.25, 0.3) is 0 Å². The van der Waals surface area contributed by atoms with Crippen molar-refractivity contribution < 1.29 is 18.7 Å². The molecule has 4 bridgehead atoms. The van der Waals surface area contributed by atoms with Crippen molar-refractivity contribution in [1.29, 1.82) is 0 Å². The molecule has 1 aromatic heterocycles. The number of esters is 2. The first-order valence-electron chi connectivity index (χ1n) is 12.3. The van der Waals surface area contributed by atoms with E-state index in [0.29, 0.717) is 17.4 Å². The van der Waals surface area contributed by atoms with Gasteiger partial charge in [-0.05, 0) is 79.5 Å². The van der Waals surface area contributed by atoms with Gasteiger partial charge in [0.15, 0.2) is 0 Å². The summed E-state index contributed by atoms with van der Waals surface area (Å²) in [7, 11) is 0. The minimum Gasteiger partial charge on any atom is -0.389 e. The molecule has 3 nitrogen and oxygen atoms in total. The molecule has 5 heteroatoms. The fraction of sp³-hybridized carbons (Fsp3) is 0.379. The van der Waals surface area contributed by atoms with Gasteiger partial charge in [-0.15, -0.1) is 11.3 Å². The summed E-state index contributed by atoms with van der Waals surface area (Å²) in [6.07, 6.45) is 5.87. The molecule has 0 N–H and O–H groups in total. The number of hydrogen-bond donors (Lipinski definition) is 0. The Kier molecular flexibility index (Phi) is 3.70. The highest BCUT2D eigenvalue weighted by molar-refractivity contribution is 7.19. The third-order valence-electron chi connectivity index (χ3n) is 9.55. The molecule has 0 unspecified atom stereocenters. The average Bonchev–Trinajstić information content (AvgIpc) is 3.35. The van der Waals surface area contributed by atoms with Crippen molar-refractivity contribution in [3.05, 3.63) is 75.9 Å². The summed E-state index contributed by atoms with van der Waals surface area (Å²) in [6.45, 7) is 0. The van der Waals surface area contributed by atoms with Crippen molar-refractivity contribution in [2.45, 2.75) is 37.5 Å². The Bertz CT molecular complexity index is 1420. The molecule has 5 aliphatic carbocycles. The van der Waals surface area contributed by atoms with Crippen molar-refractivity contribution >= 4 is 38.9 Å². The molecule has 1 saturated heterocycles. The zero-order chi connectivity index (χ0) is 22.8. The standard InChI is InChI=1S/C29H23FO3S/c30-19-7-5-16(6-8-19)22-23-20-3-1-2-4-21(20)34-26(23)29(25-24(22)27(31)33-28(25)32)17-10-14-9-15(12-17)13-18(29)11-14/h1-8,14-15,17-18,25H,9-13H2/t14?,15?,17?,18?,25-,29?/m1/s1. The van der Waals surface area contributed by atoms with Gasteiger partial charge in [-0.25, -0.2) is 9.18 Å². The second kappa shape index (κ2) is 6.45. The van der Waals surface area contributed by atoms with E-state index >= 15 is 0 Å². The summed E-state index contributed by atoms with van der Waals surface area (Å²) < 4.78 is 20.5. The molecule has 9 rings (SSSR count). The smallest absolute Gasteiger partial charge is 0.343 e. The van der Waals surface area contributed by atoms with Crippen LogP contribution < -0.4 is 0 Å². The molecule has 6 aliphatic rings. The van der Waals surface area contributed by atoms with Gasteiger partial charge >= 0.3 is 11.9 Å². The fourth-order valence-electron chi connectivity index (χ4n) is 8.71. The summed E-state index contributed by atoms with van der Waals surface area (Å²) in [5, 5.41) is 1.12.